The standard InChI is InChI=1S/C15H22F6/c1-5-10(2)6-7-11(3)8-13(15(19,20)21)9-12(4)14(16,17)18/h5-7,11-13H,8-9H2,1-4H3/b7-6-,10-5-. The molecule has 0 aromatic heterocycles. The van der Waals surface area contributed by atoms with E-state index in [1.807, 2.05) is 0 Å². The quantitative estimate of drug-likeness (QED) is 0.398. The molecule has 0 aromatic rings. The van der Waals surface area contributed by atoms with Crippen molar-refractivity contribution in [2.45, 2.75) is 52.9 Å². The van der Waals surface area contributed by atoms with Gasteiger partial charge in [0.25, 0.3) is 0 Å². The molecule has 0 radical (unpaired) electrons. The van der Waals surface area contributed by atoms with Crippen LogP contribution in [0.15, 0.2) is 23.8 Å². The highest BCUT2D eigenvalue weighted by atomic mass is 19.4. The maximum atomic E-state index is 12.9. The average molecular weight is 316 g/mol. The molecule has 0 fully saturated rings. The molecule has 0 saturated carbocycles. The van der Waals surface area contributed by atoms with Crippen molar-refractivity contribution in [1.29, 1.82) is 0 Å². The third-order valence-corrected chi connectivity index (χ3v) is 3.46. The van der Waals surface area contributed by atoms with Crippen LogP contribution in [0.4, 0.5) is 26.3 Å². The first-order valence-corrected chi connectivity index (χ1v) is 6.82. The molecule has 0 N–H and O–H groups in total. The monoisotopic (exact) mass is 316 g/mol. The molecule has 0 bridgehead atoms. The van der Waals surface area contributed by atoms with E-state index in [0.717, 1.165) is 12.5 Å². The second-order valence-corrected chi connectivity index (χ2v) is 5.52. The van der Waals surface area contributed by atoms with Crippen LogP contribution in [-0.4, -0.2) is 12.4 Å². The largest absolute Gasteiger partial charge is 0.391 e. The highest BCUT2D eigenvalue weighted by Gasteiger charge is 2.45. The second-order valence-electron chi connectivity index (χ2n) is 5.52. The maximum absolute atomic E-state index is 12.9. The molecule has 0 nitrogen and oxygen atoms in total. The highest BCUT2D eigenvalue weighted by Crippen LogP contribution is 2.40. The first-order chi connectivity index (χ1) is 9.37. The van der Waals surface area contributed by atoms with Gasteiger partial charge in [0.2, 0.25) is 0 Å². The third-order valence-electron chi connectivity index (χ3n) is 3.46. The van der Waals surface area contributed by atoms with Crippen molar-refractivity contribution in [3.8, 4) is 0 Å². The molecule has 124 valence electrons. The molecule has 0 spiro atoms. The van der Waals surface area contributed by atoms with Gasteiger partial charge in [-0.05, 0) is 32.6 Å². The Bertz CT molecular complexity index is 361. The fraction of sp³-hybridized carbons (Fsp3) is 0.733. The number of hydrogen-bond donors (Lipinski definition) is 0. The molecule has 0 rings (SSSR count). The van der Waals surface area contributed by atoms with Gasteiger partial charge in [0.15, 0.2) is 0 Å². The van der Waals surface area contributed by atoms with Gasteiger partial charge >= 0.3 is 12.4 Å². The van der Waals surface area contributed by atoms with E-state index in [4.69, 9.17) is 0 Å². The molecular weight excluding hydrogens is 294 g/mol. The van der Waals surface area contributed by atoms with Crippen molar-refractivity contribution < 1.29 is 26.3 Å². The third kappa shape index (κ3) is 8.17. The van der Waals surface area contributed by atoms with Crippen LogP contribution in [0.3, 0.4) is 0 Å². The van der Waals surface area contributed by atoms with Gasteiger partial charge in [-0.1, -0.05) is 37.6 Å². The van der Waals surface area contributed by atoms with E-state index >= 15 is 0 Å². The Morgan fingerprint density at radius 2 is 1.48 bits per heavy atom. The van der Waals surface area contributed by atoms with E-state index in [1.54, 1.807) is 39.0 Å². The van der Waals surface area contributed by atoms with Gasteiger partial charge in [-0.2, -0.15) is 26.3 Å². The predicted octanol–water partition coefficient (Wildman–Crippen LogP) is 6.30. The summed E-state index contributed by atoms with van der Waals surface area (Å²) in [7, 11) is 0. The molecule has 3 atom stereocenters. The summed E-state index contributed by atoms with van der Waals surface area (Å²) in [4.78, 5) is 0. The summed E-state index contributed by atoms with van der Waals surface area (Å²) in [5.41, 5.74) is 0.897. The van der Waals surface area contributed by atoms with Crippen LogP contribution in [0.5, 0.6) is 0 Å². The molecule has 0 saturated heterocycles. The second kappa shape index (κ2) is 7.90. The molecule has 21 heavy (non-hydrogen) atoms. The number of halogens is 6. The summed E-state index contributed by atoms with van der Waals surface area (Å²) in [6.45, 7) is 5.98. The van der Waals surface area contributed by atoms with E-state index in [2.05, 4.69) is 0 Å². The van der Waals surface area contributed by atoms with Gasteiger partial charge in [-0.3, -0.25) is 0 Å². The molecule has 0 aliphatic heterocycles. The van der Waals surface area contributed by atoms with Crippen molar-refractivity contribution in [3.05, 3.63) is 23.8 Å². The van der Waals surface area contributed by atoms with Crippen molar-refractivity contribution in [1.82, 2.24) is 0 Å². The lowest BCUT2D eigenvalue weighted by molar-refractivity contribution is -0.209. The van der Waals surface area contributed by atoms with Crippen LogP contribution in [0.2, 0.25) is 0 Å². The summed E-state index contributed by atoms with van der Waals surface area (Å²) >= 11 is 0. The number of allylic oxidation sites excluding steroid dienone is 4. The van der Waals surface area contributed by atoms with Crippen LogP contribution >= 0.6 is 0 Å². The lowest BCUT2D eigenvalue weighted by atomic mass is 9.87. The minimum Gasteiger partial charge on any atom is -0.171 e. The minimum absolute atomic E-state index is 0.336. The lowest BCUT2D eigenvalue weighted by Gasteiger charge is -2.26. The van der Waals surface area contributed by atoms with Gasteiger partial charge in [0.1, 0.15) is 0 Å². The zero-order chi connectivity index (χ0) is 16.8. The van der Waals surface area contributed by atoms with Gasteiger partial charge in [0.05, 0.1) is 11.8 Å². The first kappa shape index (κ1) is 20.1. The molecular formula is C15H22F6. The van der Waals surface area contributed by atoms with E-state index in [0.29, 0.717) is 0 Å². The van der Waals surface area contributed by atoms with Crippen LogP contribution in [0.25, 0.3) is 0 Å². The summed E-state index contributed by atoms with van der Waals surface area (Å²) < 4.78 is 76.0. The number of rotatable bonds is 6. The van der Waals surface area contributed by atoms with Crippen molar-refractivity contribution in [2.75, 3.05) is 0 Å². The van der Waals surface area contributed by atoms with E-state index < -0.39 is 36.5 Å². The highest BCUT2D eigenvalue weighted by molar-refractivity contribution is 5.15. The van der Waals surface area contributed by atoms with Crippen LogP contribution < -0.4 is 0 Å². The van der Waals surface area contributed by atoms with E-state index in [1.165, 1.54) is 0 Å². The fourth-order valence-corrected chi connectivity index (χ4v) is 1.86. The van der Waals surface area contributed by atoms with E-state index in [9.17, 15) is 26.3 Å². The summed E-state index contributed by atoms with van der Waals surface area (Å²) in [6.07, 6.45) is -5.37. The topological polar surface area (TPSA) is 0 Å². The van der Waals surface area contributed by atoms with Gasteiger partial charge in [0, 0.05) is 0 Å². The number of alkyl halides is 6. The fourth-order valence-electron chi connectivity index (χ4n) is 1.86. The van der Waals surface area contributed by atoms with Gasteiger partial charge in [-0.15, -0.1) is 0 Å². The van der Waals surface area contributed by atoms with Gasteiger partial charge in [-0.25, -0.2) is 0 Å². The SMILES string of the molecule is C/C=C(C)\C=C/C(C)CC(CC(C)C(F)(F)F)C(F)(F)F. The van der Waals surface area contributed by atoms with Crippen molar-refractivity contribution in [2.24, 2.45) is 17.8 Å². The van der Waals surface area contributed by atoms with Crippen molar-refractivity contribution >= 4 is 0 Å². The minimum atomic E-state index is -4.61. The molecule has 3 unspecified atom stereocenters. The Morgan fingerprint density at radius 3 is 1.86 bits per heavy atom. The Hall–Kier alpha value is -0.940. The molecule has 6 heteroatoms. The van der Waals surface area contributed by atoms with Crippen LogP contribution in [0.1, 0.15) is 40.5 Å². The normalized spacial score (nSPS) is 18.9. The van der Waals surface area contributed by atoms with E-state index in [-0.39, 0.29) is 6.42 Å². The number of hydrogen-bond acceptors (Lipinski definition) is 0. The Balaban J connectivity index is 4.84. The maximum Gasteiger partial charge on any atom is 0.391 e. The molecule has 0 heterocycles. The smallest absolute Gasteiger partial charge is 0.171 e. The lowest BCUT2D eigenvalue weighted by Crippen LogP contribution is -2.31. The summed E-state index contributed by atoms with van der Waals surface area (Å²) in [5.74, 6) is -4.34. The van der Waals surface area contributed by atoms with Crippen molar-refractivity contribution in [3.63, 3.8) is 0 Å². The van der Waals surface area contributed by atoms with Crippen LogP contribution in [0, 0.1) is 17.8 Å². The van der Waals surface area contributed by atoms with Gasteiger partial charge < -0.3 is 0 Å². The Kier molecular flexibility index (Phi) is 7.54. The Labute approximate surface area is 121 Å². The summed E-state index contributed by atoms with van der Waals surface area (Å²) in [6, 6.07) is 0. The average Bonchev–Trinajstić information content (AvgIpc) is 2.32. The molecule has 0 aliphatic carbocycles. The zero-order valence-corrected chi connectivity index (χ0v) is 12.6. The molecule has 0 amide bonds. The summed E-state index contributed by atoms with van der Waals surface area (Å²) in [5, 5.41) is 0. The van der Waals surface area contributed by atoms with Crippen LogP contribution in [-0.2, 0) is 0 Å². The first-order valence-electron chi connectivity index (χ1n) is 6.82. The predicted molar refractivity (Wildman–Crippen MR) is 71.7 cm³/mol. The zero-order valence-electron chi connectivity index (χ0n) is 12.6. The molecule has 0 aliphatic rings. The Morgan fingerprint density at radius 1 is 0.952 bits per heavy atom. The molecule has 0 aromatic carbocycles.